The van der Waals surface area contributed by atoms with Crippen molar-refractivity contribution in [2.24, 2.45) is 4.99 Å². The fourth-order valence-electron chi connectivity index (χ4n) is 1.23. The summed E-state index contributed by atoms with van der Waals surface area (Å²) in [6.45, 7) is 1.99. The van der Waals surface area contributed by atoms with Crippen LogP contribution >= 0.6 is 0 Å². The van der Waals surface area contributed by atoms with Gasteiger partial charge in [-0.2, -0.15) is 0 Å². The molecule has 0 saturated heterocycles. The number of nitrogens with one attached hydrogen (secondary N) is 1. The van der Waals surface area contributed by atoms with Gasteiger partial charge in [0.05, 0.1) is 12.9 Å². The molecule has 4 heteroatoms. The van der Waals surface area contributed by atoms with E-state index in [0.29, 0.717) is 0 Å². The molecule has 2 aromatic rings. The van der Waals surface area contributed by atoms with Crippen molar-refractivity contribution in [1.29, 1.82) is 0 Å². The predicted octanol–water partition coefficient (Wildman–Crippen LogP) is 1.25. The van der Waals surface area contributed by atoms with Crippen LogP contribution in [0.15, 0.2) is 41.7 Å². The van der Waals surface area contributed by atoms with Gasteiger partial charge in [0.25, 0.3) is 0 Å². The van der Waals surface area contributed by atoms with Crippen LogP contribution in [-0.4, -0.2) is 29.4 Å². The summed E-state index contributed by atoms with van der Waals surface area (Å²) in [4.78, 5) is 12.0. The predicted molar refractivity (Wildman–Crippen MR) is 60.9 cm³/mol. The van der Waals surface area contributed by atoms with Crippen molar-refractivity contribution in [3.05, 3.63) is 36.7 Å². The zero-order valence-corrected chi connectivity index (χ0v) is 8.30. The molecule has 0 amide bonds. The Morgan fingerprint density at radius 2 is 1.80 bits per heavy atom. The van der Waals surface area contributed by atoms with Gasteiger partial charge in [-0.25, -0.2) is 9.97 Å². The first kappa shape index (κ1) is 9.58. The highest BCUT2D eigenvalue weighted by molar-refractivity contribution is 5.73. The molecule has 4 nitrogen and oxygen atoms in total. The quantitative estimate of drug-likeness (QED) is 0.696. The molecule has 3 heterocycles. The lowest BCUT2D eigenvalue weighted by atomic mass is 10.3. The molecule has 0 unspecified atom stereocenters. The second-order valence-electron chi connectivity index (χ2n) is 3.04. The minimum absolute atomic E-state index is 0.810. The van der Waals surface area contributed by atoms with Crippen LogP contribution in [0.5, 0.6) is 0 Å². The average Bonchev–Trinajstić information content (AvgIpc) is 2.88. The standard InChI is InChI=1S/C8H6N2.C3H6N2/c1-3-7-4-2-6-10-8(7)9-5-1;1-2-5-3-4-1/h1-6H;3H,1-2H2,(H,4,5). The van der Waals surface area contributed by atoms with Gasteiger partial charge in [-0.05, 0) is 24.3 Å². The van der Waals surface area contributed by atoms with Crippen LogP contribution < -0.4 is 5.32 Å². The molecule has 0 saturated carbocycles. The molecule has 0 bridgehead atoms. The Balaban J connectivity index is 0.000000144. The van der Waals surface area contributed by atoms with Crippen molar-refractivity contribution in [1.82, 2.24) is 15.3 Å². The number of nitrogens with zero attached hydrogens (tertiary/aromatic N) is 3. The number of pyridine rings is 2. The van der Waals surface area contributed by atoms with Crippen molar-refractivity contribution in [3.63, 3.8) is 0 Å². The van der Waals surface area contributed by atoms with E-state index in [2.05, 4.69) is 20.3 Å². The summed E-state index contributed by atoms with van der Waals surface area (Å²) in [7, 11) is 0. The van der Waals surface area contributed by atoms with Gasteiger partial charge < -0.3 is 5.32 Å². The topological polar surface area (TPSA) is 50.2 Å². The van der Waals surface area contributed by atoms with Crippen LogP contribution in [0.1, 0.15) is 0 Å². The average molecular weight is 200 g/mol. The minimum atomic E-state index is 0.810. The molecule has 0 fully saturated rings. The lowest BCUT2D eigenvalue weighted by Crippen LogP contribution is -2.04. The third-order valence-electron chi connectivity index (χ3n) is 1.94. The molecule has 0 atom stereocenters. The van der Waals surface area contributed by atoms with Crippen molar-refractivity contribution in [2.75, 3.05) is 13.1 Å². The Labute approximate surface area is 88.1 Å². The zero-order valence-electron chi connectivity index (χ0n) is 8.30. The molecule has 0 aliphatic carbocycles. The SMILES string of the molecule is C1=NCCN1.c1cnc2ncccc2c1. The van der Waals surface area contributed by atoms with E-state index in [4.69, 9.17) is 0 Å². The Kier molecular flexibility index (Phi) is 3.22. The van der Waals surface area contributed by atoms with Crippen LogP contribution in [0.4, 0.5) is 0 Å². The van der Waals surface area contributed by atoms with Gasteiger partial charge in [0.1, 0.15) is 0 Å². The summed E-state index contributed by atoms with van der Waals surface area (Å²) in [5.74, 6) is 0. The Hall–Kier alpha value is -1.97. The molecule has 3 rings (SSSR count). The van der Waals surface area contributed by atoms with Crippen LogP contribution in [0.25, 0.3) is 11.0 Å². The summed E-state index contributed by atoms with van der Waals surface area (Å²) in [6.07, 6.45) is 5.23. The van der Waals surface area contributed by atoms with Crippen molar-refractivity contribution in [3.8, 4) is 0 Å². The molecule has 15 heavy (non-hydrogen) atoms. The Bertz CT molecular complexity index is 382. The van der Waals surface area contributed by atoms with Gasteiger partial charge in [-0.15, -0.1) is 0 Å². The molecule has 1 aliphatic rings. The van der Waals surface area contributed by atoms with Gasteiger partial charge in [0.15, 0.2) is 5.65 Å². The van der Waals surface area contributed by atoms with Crippen molar-refractivity contribution < 1.29 is 0 Å². The fourth-order valence-corrected chi connectivity index (χ4v) is 1.23. The van der Waals surface area contributed by atoms with Crippen LogP contribution in [0.3, 0.4) is 0 Å². The van der Waals surface area contributed by atoms with Crippen LogP contribution in [-0.2, 0) is 0 Å². The molecule has 1 N–H and O–H groups in total. The first-order chi connectivity index (χ1) is 7.47. The summed E-state index contributed by atoms with van der Waals surface area (Å²) >= 11 is 0. The Morgan fingerprint density at radius 1 is 1.07 bits per heavy atom. The number of hydrogen-bond donors (Lipinski definition) is 1. The van der Waals surface area contributed by atoms with E-state index >= 15 is 0 Å². The normalized spacial score (nSPS) is 13.1. The highest BCUT2D eigenvalue weighted by Gasteiger charge is 1.88. The summed E-state index contributed by atoms with van der Waals surface area (Å²) in [5, 5.41) is 4.02. The fraction of sp³-hybridized carbons (Fsp3) is 0.182. The van der Waals surface area contributed by atoms with Gasteiger partial charge in [0, 0.05) is 24.3 Å². The van der Waals surface area contributed by atoms with Crippen LogP contribution in [0, 0.1) is 0 Å². The number of aromatic nitrogens is 2. The maximum absolute atomic E-state index is 4.07. The van der Waals surface area contributed by atoms with Gasteiger partial charge in [-0.1, -0.05) is 0 Å². The number of aliphatic imine (C=N–C) groups is 1. The van der Waals surface area contributed by atoms with Gasteiger partial charge >= 0.3 is 0 Å². The molecule has 2 aromatic heterocycles. The summed E-state index contributed by atoms with van der Waals surface area (Å²) in [5.41, 5.74) is 0.810. The number of rotatable bonds is 0. The third kappa shape index (κ3) is 2.74. The van der Waals surface area contributed by atoms with E-state index in [-0.39, 0.29) is 0 Å². The van der Waals surface area contributed by atoms with Gasteiger partial charge in [-0.3, -0.25) is 4.99 Å². The number of hydrogen-bond acceptors (Lipinski definition) is 4. The van der Waals surface area contributed by atoms with E-state index < -0.39 is 0 Å². The highest BCUT2D eigenvalue weighted by atomic mass is 15.0. The second-order valence-corrected chi connectivity index (χ2v) is 3.04. The lowest BCUT2D eigenvalue weighted by Gasteiger charge is -1.90. The van der Waals surface area contributed by atoms with E-state index in [0.717, 1.165) is 24.1 Å². The maximum Gasteiger partial charge on any atom is 0.159 e. The van der Waals surface area contributed by atoms with Crippen LogP contribution in [0.2, 0.25) is 0 Å². The second kappa shape index (κ2) is 5.05. The number of fused-ring (bicyclic) bond motifs is 1. The Morgan fingerprint density at radius 3 is 2.20 bits per heavy atom. The molecule has 1 aliphatic heterocycles. The van der Waals surface area contributed by atoms with Crippen molar-refractivity contribution in [2.45, 2.75) is 0 Å². The minimum Gasteiger partial charge on any atom is -0.375 e. The first-order valence-corrected chi connectivity index (χ1v) is 4.84. The van der Waals surface area contributed by atoms with Gasteiger partial charge in [0.2, 0.25) is 0 Å². The zero-order chi connectivity index (χ0) is 10.3. The molecule has 0 radical (unpaired) electrons. The van der Waals surface area contributed by atoms with E-state index in [9.17, 15) is 0 Å². The summed E-state index contributed by atoms with van der Waals surface area (Å²) in [6, 6.07) is 7.80. The first-order valence-electron chi connectivity index (χ1n) is 4.84. The third-order valence-corrected chi connectivity index (χ3v) is 1.94. The van der Waals surface area contributed by atoms with E-state index in [1.54, 1.807) is 18.7 Å². The lowest BCUT2D eigenvalue weighted by molar-refractivity contribution is 0.965. The summed E-state index contributed by atoms with van der Waals surface area (Å²) < 4.78 is 0. The molecular weight excluding hydrogens is 188 g/mol. The maximum atomic E-state index is 4.07. The highest BCUT2D eigenvalue weighted by Crippen LogP contribution is 2.04. The monoisotopic (exact) mass is 200 g/mol. The van der Waals surface area contributed by atoms with Crippen molar-refractivity contribution >= 4 is 17.4 Å². The molecule has 0 aromatic carbocycles. The largest absolute Gasteiger partial charge is 0.375 e. The molecule has 76 valence electrons. The van der Waals surface area contributed by atoms with E-state index in [1.807, 2.05) is 24.3 Å². The smallest absolute Gasteiger partial charge is 0.159 e. The molecular formula is C11H12N4. The van der Waals surface area contributed by atoms with E-state index in [1.165, 1.54) is 0 Å². The molecule has 0 spiro atoms.